The van der Waals surface area contributed by atoms with E-state index in [0.717, 1.165) is 27.5 Å². The number of hydrogen-bond donors (Lipinski definition) is 3. The molecule has 0 radical (unpaired) electrons. The second-order valence-electron chi connectivity index (χ2n) is 6.93. The fourth-order valence-electron chi connectivity index (χ4n) is 2.90. The monoisotopic (exact) mass is 451 g/mol. The first-order chi connectivity index (χ1) is 14.9. The molecule has 1 atom stereocenters. The minimum atomic E-state index is -0.255. The summed E-state index contributed by atoms with van der Waals surface area (Å²) in [7, 11) is 1.62. The second-order valence-corrected chi connectivity index (χ2v) is 8.75. The number of amides is 1. The van der Waals surface area contributed by atoms with Crippen molar-refractivity contribution in [3.63, 3.8) is 0 Å². The molecule has 3 aromatic rings. The molecule has 0 saturated carbocycles. The fourth-order valence-corrected chi connectivity index (χ4v) is 4.06. The third kappa shape index (κ3) is 6.73. The number of rotatable bonds is 7. The summed E-state index contributed by atoms with van der Waals surface area (Å²) in [5.74, 6) is 0.673. The molecule has 3 aromatic carbocycles. The van der Waals surface area contributed by atoms with Crippen LogP contribution in [0.25, 0.3) is 0 Å². The van der Waals surface area contributed by atoms with Gasteiger partial charge in [0, 0.05) is 16.3 Å². The molecular formula is C24H25N3O2S2. The minimum absolute atomic E-state index is 0.0395. The van der Waals surface area contributed by atoms with Crippen molar-refractivity contribution in [2.45, 2.75) is 24.0 Å². The molecule has 3 N–H and O–H groups in total. The summed E-state index contributed by atoms with van der Waals surface area (Å²) >= 11 is 6.92. The van der Waals surface area contributed by atoms with Crippen molar-refractivity contribution >= 4 is 52.1 Å². The van der Waals surface area contributed by atoms with Crippen LogP contribution in [0.1, 0.15) is 12.5 Å². The maximum Gasteiger partial charge on any atom is 0.237 e. The van der Waals surface area contributed by atoms with Gasteiger partial charge in [0.1, 0.15) is 5.75 Å². The van der Waals surface area contributed by atoms with E-state index in [1.807, 2.05) is 86.6 Å². The predicted molar refractivity (Wildman–Crippen MR) is 134 cm³/mol. The van der Waals surface area contributed by atoms with Crippen LogP contribution in [0.2, 0.25) is 0 Å². The lowest BCUT2D eigenvalue weighted by Crippen LogP contribution is -2.22. The van der Waals surface area contributed by atoms with Gasteiger partial charge in [0.25, 0.3) is 0 Å². The summed E-state index contributed by atoms with van der Waals surface area (Å²) in [5.41, 5.74) is 3.54. The molecule has 1 unspecified atom stereocenters. The number of aryl methyl sites for hydroxylation is 1. The molecule has 1 amide bonds. The molecule has 160 valence electrons. The summed E-state index contributed by atoms with van der Waals surface area (Å²) in [6, 6.07) is 23.2. The van der Waals surface area contributed by atoms with Crippen molar-refractivity contribution in [3.8, 4) is 5.75 Å². The molecular weight excluding hydrogens is 426 g/mol. The predicted octanol–water partition coefficient (Wildman–Crippen LogP) is 5.93. The zero-order valence-electron chi connectivity index (χ0n) is 17.6. The van der Waals surface area contributed by atoms with E-state index in [0.29, 0.717) is 10.9 Å². The minimum Gasteiger partial charge on any atom is -0.495 e. The lowest BCUT2D eigenvalue weighted by atomic mass is 10.2. The Morgan fingerprint density at radius 3 is 2.39 bits per heavy atom. The molecule has 31 heavy (non-hydrogen) atoms. The highest BCUT2D eigenvalue weighted by molar-refractivity contribution is 8.00. The molecule has 0 aliphatic rings. The zero-order valence-corrected chi connectivity index (χ0v) is 19.3. The van der Waals surface area contributed by atoms with Gasteiger partial charge < -0.3 is 20.7 Å². The van der Waals surface area contributed by atoms with Crippen LogP contribution in [-0.4, -0.2) is 23.4 Å². The Balaban J connectivity index is 1.59. The number of thioether (sulfide) groups is 1. The Morgan fingerprint density at radius 1 is 0.935 bits per heavy atom. The molecule has 7 heteroatoms. The lowest BCUT2D eigenvalue weighted by molar-refractivity contribution is -0.115. The summed E-state index contributed by atoms with van der Waals surface area (Å²) in [6.07, 6.45) is 0. The Bertz CT molecular complexity index is 1070. The van der Waals surface area contributed by atoms with Gasteiger partial charge in [-0.3, -0.25) is 4.79 Å². The highest BCUT2D eigenvalue weighted by Crippen LogP contribution is 2.27. The van der Waals surface area contributed by atoms with Crippen molar-refractivity contribution in [2.24, 2.45) is 0 Å². The van der Waals surface area contributed by atoms with Crippen LogP contribution in [0, 0.1) is 6.92 Å². The topological polar surface area (TPSA) is 62.4 Å². The quantitative estimate of drug-likeness (QED) is 0.306. The Labute approximate surface area is 192 Å². The Morgan fingerprint density at radius 2 is 1.65 bits per heavy atom. The summed E-state index contributed by atoms with van der Waals surface area (Å²) in [5, 5.41) is 9.50. The van der Waals surface area contributed by atoms with Gasteiger partial charge in [-0.15, -0.1) is 11.8 Å². The molecule has 0 bridgehead atoms. The molecule has 3 rings (SSSR count). The number of carbonyl (C=O) groups is 1. The Kier molecular flexibility index (Phi) is 7.92. The first-order valence-electron chi connectivity index (χ1n) is 9.80. The summed E-state index contributed by atoms with van der Waals surface area (Å²) in [6.45, 7) is 3.89. The molecule has 0 spiro atoms. The van der Waals surface area contributed by atoms with Crippen LogP contribution in [0.5, 0.6) is 5.75 Å². The van der Waals surface area contributed by atoms with Crippen LogP contribution in [0.4, 0.5) is 17.1 Å². The van der Waals surface area contributed by atoms with E-state index >= 15 is 0 Å². The van der Waals surface area contributed by atoms with Gasteiger partial charge in [-0.05, 0) is 74.1 Å². The maximum atomic E-state index is 12.6. The van der Waals surface area contributed by atoms with Crippen molar-refractivity contribution in [1.82, 2.24) is 0 Å². The van der Waals surface area contributed by atoms with Gasteiger partial charge >= 0.3 is 0 Å². The van der Waals surface area contributed by atoms with Crippen LogP contribution >= 0.6 is 24.0 Å². The Hall–Kier alpha value is -3.03. The van der Waals surface area contributed by atoms with E-state index in [1.165, 1.54) is 11.8 Å². The maximum absolute atomic E-state index is 12.6. The van der Waals surface area contributed by atoms with Gasteiger partial charge in [-0.1, -0.05) is 30.3 Å². The standard InChI is InChI=1S/C24H25N3O2S2/c1-16-8-6-9-18(14-16)25-23(28)17(2)31-20-11-7-10-19(15-20)26-24(30)27-21-12-4-5-13-22(21)29-3/h4-15,17H,1-3H3,(H,25,28)(H2,26,27,30). The first-order valence-corrected chi connectivity index (χ1v) is 11.1. The van der Waals surface area contributed by atoms with E-state index in [2.05, 4.69) is 16.0 Å². The summed E-state index contributed by atoms with van der Waals surface area (Å²) in [4.78, 5) is 13.5. The molecule has 0 fully saturated rings. The van der Waals surface area contributed by atoms with E-state index in [4.69, 9.17) is 17.0 Å². The van der Waals surface area contributed by atoms with Crippen molar-refractivity contribution in [3.05, 3.63) is 78.4 Å². The zero-order chi connectivity index (χ0) is 22.2. The second kappa shape index (κ2) is 10.8. The van der Waals surface area contributed by atoms with E-state index in [9.17, 15) is 4.79 Å². The first kappa shape index (κ1) is 22.7. The average molecular weight is 452 g/mol. The van der Waals surface area contributed by atoms with E-state index in [1.54, 1.807) is 7.11 Å². The third-order valence-corrected chi connectivity index (χ3v) is 5.71. The molecule has 5 nitrogen and oxygen atoms in total. The molecule has 0 saturated heterocycles. The average Bonchev–Trinajstić information content (AvgIpc) is 2.74. The molecule has 0 aromatic heterocycles. The fraction of sp³-hybridized carbons (Fsp3) is 0.167. The van der Waals surface area contributed by atoms with Gasteiger partial charge in [0.05, 0.1) is 18.0 Å². The van der Waals surface area contributed by atoms with E-state index < -0.39 is 0 Å². The molecule has 0 aliphatic heterocycles. The van der Waals surface area contributed by atoms with Gasteiger partial charge in [-0.2, -0.15) is 0 Å². The number of carbonyl (C=O) groups excluding carboxylic acids is 1. The number of ether oxygens (including phenoxy) is 1. The van der Waals surface area contributed by atoms with Crippen molar-refractivity contribution in [2.75, 3.05) is 23.1 Å². The van der Waals surface area contributed by atoms with Crippen LogP contribution in [0.15, 0.2) is 77.7 Å². The number of anilines is 3. The summed E-state index contributed by atoms with van der Waals surface area (Å²) < 4.78 is 5.34. The highest BCUT2D eigenvalue weighted by atomic mass is 32.2. The van der Waals surface area contributed by atoms with Gasteiger partial charge in [0.15, 0.2) is 5.11 Å². The van der Waals surface area contributed by atoms with Crippen LogP contribution in [-0.2, 0) is 4.79 Å². The normalized spacial score (nSPS) is 11.3. The van der Waals surface area contributed by atoms with Crippen LogP contribution < -0.4 is 20.7 Å². The van der Waals surface area contributed by atoms with Gasteiger partial charge in [-0.25, -0.2) is 0 Å². The number of methoxy groups -OCH3 is 1. The number of hydrogen-bond acceptors (Lipinski definition) is 4. The SMILES string of the molecule is COc1ccccc1NC(=S)Nc1cccc(SC(C)C(=O)Nc2cccc(C)c2)c1. The third-order valence-electron chi connectivity index (χ3n) is 4.41. The highest BCUT2D eigenvalue weighted by Gasteiger charge is 2.15. The smallest absolute Gasteiger partial charge is 0.237 e. The van der Waals surface area contributed by atoms with Crippen molar-refractivity contribution < 1.29 is 9.53 Å². The lowest BCUT2D eigenvalue weighted by Gasteiger charge is -2.15. The van der Waals surface area contributed by atoms with E-state index in [-0.39, 0.29) is 11.2 Å². The van der Waals surface area contributed by atoms with Gasteiger partial charge in [0.2, 0.25) is 5.91 Å². The molecule has 0 heterocycles. The largest absolute Gasteiger partial charge is 0.495 e. The number of nitrogens with one attached hydrogen (secondary N) is 3. The number of para-hydroxylation sites is 2. The molecule has 0 aliphatic carbocycles. The number of thiocarbonyl (C=S) groups is 1. The number of benzene rings is 3. The van der Waals surface area contributed by atoms with Crippen molar-refractivity contribution in [1.29, 1.82) is 0 Å². The van der Waals surface area contributed by atoms with Crippen LogP contribution in [0.3, 0.4) is 0 Å².